The van der Waals surface area contributed by atoms with Crippen molar-refractivity contribution in [2.45, 2.75) is 38.3 Å². The molecule has 0 bridgehead atoms. The molecule has 0 aromatic rings. The summed E-state index contributed by atoms with van der Waals surface area (Å²) in [5, 5.41) is 3.20. The smallest absolute Gasteiger partial charge is 0.410 e. The van der Waals surface area contributed by atoms with Gasteiger partial charge in [0, 0.05) is 19.6 Å². The predicted molar refractivity (Wildman–Crippen MR) is 60.4 cm³/mol. The van der Waals surface area contributed by atoms with Gasteiger partial charge in [-0.05, 0) is 27.2 Å². The van der Waals surface area contributed by atoms with Gasteiger partial charge in [0.05, 0.1) is 5.54 Å². The van der Waals surface area contributed by atoms with Crippen LogP contribution in [0, 0.1) is 0 Å². The van der Waals surface area contributed by atoms with Crippen molar-refractivity contribution in [2.75, 3.05) is 19.6 Å². The summed E-state index contributed by atoms with van der Waals surface area (Å²) in [6.07, 6.45) is 0.949. The van der Waals surface area contributed by atoms with Gasteiger partial charge >= 0.3 is 6.09 Å². The molecule has 5 heteroatoms. The lowest BCUT2D eigenvalue weighted by Gasteiger charge is -2.58. The molecule has 0 aromatic heterocycles. The number of carbonyl (C=O) groups excluding carboxylic acids is 1. The van der Waals surface area contributed by atoms with Crippen LogP contribution in [-0.2, 0) is 4.74 Å². The first-order valence-electron chi connectivity index (χ1n) is 5.14. The molecule has 0 atom stereocenters. The highest BCUT2D eigenvalue weighted by atomic mass is 35.5. The molecule has 0 unspecified atom stereocenters. The van der Waals surface area contributed by atoms with E-state index in [-0.39, 0.29) is 29.6 Å². The fourth-order valence-corrected chi connectivity index (χ4v) is 1.92. The number of nitrogens with zero attached hydrogens (tertiary/aromatic N) is 1. The van der Waals surface area contributed by atoms with E-state index in [9.17, 15) is 4.79 Å². The van der Waals surface area contributed by atoms with Crippen molar-refractivity contribution in [1.82, 2.24) is 10.2 Å². The molecule has 2 fully saturated rings. The summed E-state index contributed by atoms with van der Waals surface area (Å²) < 4.78 is 5.33. The maximum Gasteiger partial charge on any atom is 0.410 e. The van der Waals surface area contributed by atoms with Gasteiger partial charge in [-0.25, -0.2) is 4.79 Å². The second kappa shape index (κ2) is 3.83. The molecular formula is C10H19ClN2O2. The van der Waals surface area contributed by atoms with Crippen molar-refractivity contribution in [3.05, 3.63) is 0 Å². The van der Waals surface area contributed by atoms with Gasteiger partial charge < -0.3 is 10.1 Å². The van der Waals surface area contributed by atoms with Crippen LogP contribution in [0.3, 0.4) is 0 Å². The molecule has 88 valence electrons. The average molecular weight is 235 g/mol. The second-order valence-electron chi connectivity index (χ2n) is 5.21. The number of amides is 1. The summed E-state index contributed by atoms with van der Waals surface area (Å²) in [6.45, 7) is 8.39. The number of carbonyl (C=O) groups is 1. The molecule has 2 aliphatic rings. The standard InChI is InChI=1S/C10H18N2O2.ClH/c1-9(2,3)14-8(13)12-5-4-10(12)6-11-7-10;/h11H,4-7H2,1-3H3;1H. The lowest BCUT2D eigenvalue weighted by Crippen LogP contribution is -2.77. The second-order valence-corrected chi connectivity index (χ2v) is 5.21. The largest absolute Gasteiger partial charge is 0.444 e. The SMILES string of the molecule is CC(C)(C)OC(=O)N1CCC12CNC2.Cl. The van der Waals surface area contributed by atoms with Crippen molar-refractivity contribution in [2.24, 2.45) is 0 Å². The highest BCUT2D eigenvalue weighted by molar-refractivity contribution is 5.85. The van der Waals surface area contributed by atoms with E-state index in [1.54, 1.807) is 0 Å². The van der Waals surface area contributed by atoms with E-state index in [2.05, 4.69) is 5.32 Å². The zero-order chi connectivity index (χ0) is 10.4. The lowest BCUT2D eigenvalue weighted by molar-refractivity contribution is -0.0661. The van der Waals surface area contributed by atoms with E-state index in [4.69, 9.17) is 4.74 Å². The van der Waals surface area contributed by atoms with E-state index < -0.39 is 0 Å². The van der Waals surface area contributed by atoms with Gasteiger partial charge in [0.25, 0.3) is 0 Å². The third-order valence-corrected chi connectivity index (χ3v) is 2.90. The van der Waals surface area contributed by atoms with E-state index in [1.165, 1.54) is 0 Å². The Labute approximate surface area is 96.7 Å². The van der Waals surface area contributed by atoms with Gasteiger partial charge in [-0.1, -0.05) is 0 Å². The average Bonchev–Trinajstić information content (AvgIpc) is 1.73. The van der Waals surface area contributed by atoms with Gasteiger partial charge in [0.2, 0.25) is 0 Å². The number of halogens is 1. The first-order chi connectivity index (χ1) is 6.43. The molecule has 2 saturated heterocycles. The molecule has 0 aromatic carbocycles. The van der Waals surface area contributed by atoms with Gasteiger partial charge in [-0.2, -0.15) is 0 Å². The topological polar surface area (TPSA) is 41.6 Å². The Morgan fingerprint density at radius 1 is 1.40 bits per heavy atom. The fraction of sp³-hybridized carbons (Fsp3) is 0.900. The maximum absolute atomic E-state index is 11.7. The van der Waals surface area contributed by atoms with Crippen LogP contribution < -0.4 is 5.32 Å². The number of rotatable bonds is 0. The number of hydrogen-bond donors (Lipinski definition) is 1. The van der Waals surface area contributed by atoms with Gasteiger partial charge in [0.15, 0.2) is 0 Å². The number of likely N-dealkylation sites (tertiary alicyclic amines) is 1. The monoisotopic (exact) mass is 234 g/mol. The number of hydrogen-bond acceptors (Lipinski definition) is 3. The molecular weight excluding hydrogens is 216 g/mol. The Morgan fingerprint density at radius 2 is 2.00 bits per heavy atom. The van der Waals surface area contributed by atoms with E-state index in [1.807, 2.05) is 25.7 Å². The highest BCUT2D eigenvalue weighted by Crippen LogP contribution is 2.35. The molecule has 2 aliphatic heterocycles. The van der Waals surface area contributed by atoms with Crippen LogP contribution in [-0.4, -0.2) is 41.8 Å². The van der Waals surface area contributed by atoms with Crippen LogP contribution in [0.2, 0.25) is 0 Å². The van der Waals surface area contributed by atoms with Crippen LogP contribution in [0.1, 0.15) is 27.2 Å². The summed E-state index contributed by atoms with van der Waals surface area (Å²) in [5.74, 6) is 0. The van der Waals surface area contributed by atoms with Crippen molar-refractivity contribution in [1.29, 1.82) is 0 Å². The van der Waals surface area contributed by atoms with Crippen LogP contribution in [0.15, 0.2) is 0 Å². The summed E-state index contributed by atoms with van der Waals surface area (Å²) in [7, 11) is 0. The molecule has 2 rings (SSSR count). The minimum Gasteiger partial charge on any atom is -0.444 e. The van der Waals surface area contributed by atoms with Crippen molar-refractivity contribution >= 4 is 18.5 Å². The number of ether oxygens (including phenoxy) is 1. The van der Waals surface area contributed by atoms with Gasteiger partial charge in [-0.15, -0.1) is 12.4 Å². The Bertz CT molecular complexity index is 253. The Morgan fingerprint density at radius 3 is 2.27 bits per heavy atom. The lowest BCUT2D eigenvalue weighted by atomic mass is 9.80. The van der Waals surface area contributed by atoms with E-state index >= 15 is 0 Å². The number of nitrogens with one attached hydrogen (secondary N) is 1. The summed E-state index contributed by atoms with van der Waals surface area (Å²) >= 11 is 0. The molecule has 0 saturated carbocycles. The predicted octanol–water partition coefficient (Wildman–Crippen LogP) is 1.39. The summed E-state index contributed by atoms with van der Waals surface area (Å²) in [4.78, 5) is 13.6. The maximum atomic E-state index is 11.7. The van der Waals surface area contributed by atoms with Gasteiger partial charge in [0.1, 0.15) is 5.60 Å². The van der Waals surface area contributed by atoms with E-state index in [0.717, 1.165) is 26.1 Å². The molecule has 0 aliphatic carbocycles. The Kier molecular flexibility index (Phi) is 3.22. The zero-order valence-corrected chi connectivity index (χ0v) is 10.3. The molecule has 2 heterocycles. The minimum absolute atomic E-state index is 0. The zero-order valence-electron chi connectivity index (χ0n) is 9.50. The molecule has 1 N–H and O–H groups in total. The third-order valence-electron chi connectivity index (χ3n) is 2.90. The first kappa shape index (κ1) is 12.6. The van der Waals surface area contributed by atoms with Gasteiger partial charge in [-0.3, -0.25) is 4.90 Å². The molecule has 15 heavy (non-hydrogen) atoms. The Balaban J connectivity index is 0.00000112. The van der Waals surface area contributed by atoms with Crippen molar-refractivity contribution < 1.29 is 9.53 Å². The Hall–Kier alpha value is -0.480. The highest BCUT2D eigenvalue weighted by Gasteiger charge is 2.52. The summed E-state index contributed by atoms with van der Waals surface area (Å²) in [5.41, 5.74) is -0.284. The van der Waals surface area contributed by atoms with Crippen LogP contribution in [0.5, 0.6) is 0 Å². The fourth-order valence-electron chi connectivity index (χ4n) is 1.92. The van der Waals surface area contributed by atoms with Crippen LogP contribution in [0.4, 0.5) is 4.79 Å². The molecule has 1 spiro atoms. The van der Waals surface area contributed by atoms with Crippen molar-refractivity contribution in [3.63, 3.8) is 0 Å². The molecule has 1 amide bonds. The van der Waals surface area contributed by atoms with Crippen LogP contribution >= 0.6 is 12.4 Å². The van der Waals surface area contributed by atoms with E-state index in [0.29, 0.717) is 0 Å². The molecule has 4 nitrogen and oxygen atoms in total. The van der Waals surface area contributed by atoms with Crippen LogP contribution in [0.25, 0.3) is 0 Å². The minimum atomic E-state index is -0.384. The quantitative estimate of drug-likeness (QED) is 0.689. The summed E-state index contributed by atoms with van der Waals surface area (Å²) in [6, 6.07) is 0. The normalized spacial score (nSPS) is 22.5. The first-order valence-corrected chi connectivity index (χ1v) is 5.14. The third kappa shape index (κ3) is 2.21. The van der Waals surface area contributed by atoms with Crippen molar-refractivity contribution in [3.8, 4) is 0 Å². The molecule has 0 radical (unpaired) electrons.